The number of rotatable bonds is 9. The lowest BCUT2D eigenvalue weighted by atomic mass is 10.2. The zero-order chi connectivity index (χ0) is 15.7. The molecule has 1 aromatic carbocycles. The lowest BCUT2D eigenvalue weighted by molar-refractivity contribution is -0.152. The van der Waals surface area contributed by atoms with Crippen LogP contribution in [-0.4, -0.2) is 41.1 Å². The summed E-state index contributed by atoms with van der Waals surface area (Å²) < 4.78 is 5.30. The van der Waals surface area contributed by atoms with Crippen LogP contribution in [0.25, 0.3) is 0 Å². The van der Waals surface area contributed by atoms with E-state index in [0.717, 1.165) is 18.4 Å². The van der Waals surface area contributed by atoms with Crippen LogP contribution in [-0.2, 0) is 20.9 Å². The lowest BCUT2D eigenvalue weighted by Gasteiger charge is -2.26. The molecule has 1 atom stereocenters. The molecule has 5 heteroatoms. The van der Waals surface area contributed by atoms with Crippen molar-refractivity contribution >= 4 is 11.9 Å². The van der Waals surface area contributed by atoms with Gasteiger partial charge >= 0.3 is 5.97 Å². The monoisotopic (exact) mass is 293 g/mol. The van der Waals surface area contributed by atoms with Crippen molar-refractivity contribution in [3.05, 3.63) is 35.9 Å². The van der Waals surface area contributed by atoms with E-state index in [1.165, 1.54) is 11.8 Å². The standard InChI is InChI=1S/C16H23NO4/c1-3-4-10-21-12-15(18)17(13(2)16(19)20)11-14-8-6-5-7-9-14/h5-9,13H,3-4,10-12H2,1-2H3,(H,19,20). The third-order valence-electron chi connectivity index (χ3n) is 3.21. The molecular weight excluding hydrogens is 270 g/mol. The molecule has 0 aromatic heterocycles. The maximum absolute atomic E-state index is 12.2. The smallest absolute Gasteiger partial charge is 0.326 e. The zero-order valence-electron chi connectivity index (χ0n) is 12.6. The van der Waals surface area contributed by atoms with Crippen molar-refractivity contribution in [2.45, 2.75) is 39.3 Å². The number of carboxylic acids is 1. The van der Waals surface area contributed by atoms with E-state index in [2.05, 4.69) is 0 Å². The van der Waals surface area contributed by atoms with Crippen LogP contribution in [0.1, 0.15) is 32.3 Å². The van der Waals surface area contributed by atoms with Gasteiger partial charge in [-0.15, -0.1) is 0 Å². The number of carbonyl (C=O) groups is 2. The molecule has 0 fully saturated rings. The maximum Gasteiger partial charge on any atom is 0.326 e. The molecule has 0 aliphatic carbocycles. The Morgan fingerprint density at radius 2 is 1.95 bits per heavy atom. The summed E-state index contributed by atoms with van der Waals surface area (Å²) in [6.45, 7) is 4.26. The number of aliphatic carboxylic acids is 1. The maximum atomic E-state index is 12.2. The first kappa shape index (κ1) is 17.2. The van der Waals surface area contributed by atoms with E-state index < -0.39 is 12.0 Å². The predicted octanol–water partition coefficient (Wildman–Crippen LogP) is 2.31. The van der Waals surface area contributed by atoms with Crippen LogP contribution in [0, 0.1) is 0 Å². The van der Waals surface area contributed by atoms with Crippen LogP contribution in [0.3, 0.4) is 0 Å². The summed E-state index contributed by atoms with van der Waals surface area (Å²) in [6.07, 6.45) is 1.88. The van der Waals surface area contributed by atoms with E-state index in [1.54, 1.807) is 0 Å². The Bertz CT molecular complexity index is 447. The third kappa shape index (κ3) is 5.95. The van der Waals surface area contributed by atoms with E-state index in [1.807, 2.05) is 37.3 Å². The molecule has 1 amide bonds. The highest BCUT2D eigenvalue weighted by Crippen LogP contribution is 2.09. The van der Waals surface area contributed by atoms with Gasteiger partial charge in [0.1, 0.15) is 12.6 Å². The Labute approximate surface area is 125 Å². The Kier molecular flexibility index (Phi) is 7.46. The van der Waals surface area contributed by atoms with Crippen molar-refractivity contribution in [3.63, 3.8) is 0 Å². The van der Waals surface area contributed by atoms with Crippen LogP contribution in [0.2, 0.25) is 0 Å². The molecule has 0 radical (unpaired) electrons. The first-order chi connectivity index (χ1) is 10.1. The highest BCUT2D eigenvalue weighted by molar-refractivity contribution is 5.84. The Morgan fingerprint density at radius 1 is 1.29 bits per heavy atom. The summed E-state index contributed by atoms with van der Waals surface area (Å²) in [7, 11) is 0. The average molecular weight is 293 g/mol. The number of hydrogen-bond donors (Lipinski definition) is 1. The number of ether oxygens (including phenoxy) is 1. The third-order valence-corrected chi connectivity index (χ3v) is 3.21. The molecule has 21 heavy (non-hydrogen) atoms. The molecule has 1 N–H and O–H groups in total. The highest BCUT2D eigenvalue weighted by atomic mass is 16.5. The SMILES string of the molecule is CCCCOCC(=O)N(Cc1ccccc1)C(C)C(=O)O. The van der Waals surface area contributed by atoms with Crippen LogP contribution in [0.5, 0.6) is 0 Å². The van der Waals surface area contributed by atoms with E-state index >= 15 is 0 Å². The number of nitrogens with zero attached hydrogens (tertiary/aromatic N) is 1. The van der Waals surface area contributed by atoms with Crippen LogP contribution >= 0.6 is 0 Å². The highest BCUT2D eigenvalue weighted by Gasteiger charge is 2.25. The number of carboxylic acid groups (broad SMARTS) is 1. The minimum absolute atomic E-state index is 0.0789. The molecule has 1 unspecified atom stereocenters. The van der Waals surface area contributed by atoms with Crippen molar-refractivity contribution in [2.24, 2.45) is 0 Å². The minimum atomic E-state index is -1.02. The molecule has 0 saturated heterocycles. The molecule has 116 valence electrons. The van der Waals surface area contributed by atoms with E-state index in [4.69, 9.17) is 9.84 Å². The van der Waals surface area contributed by atoms with Gasteiger partial charge in [0.2, 0.25) is 5.91 Å². The van der Waals surface area contributed by atoms with E-state index in [0.29, 0.717) is 6.61 Å². The lowest BCUT2D eigenvalue weighted by Crippen LogP contribution is -2.44. The second-order valence-corrected chi connectivity index (χ2v) is 4.93. The molecule has 0 bridgehead atoms. The van der Waals surface area contributed by atoms with Crippen molar-refractivity contribution in [3.8, 4) is 0 Å². The first-order valence-electron chi connectivity index (χ1n) is 7.20. The van der Waals surface area contributed by atoms with Gasteiger partial charge < -0.3 is 14.7 Å². The Morgan fingerprint density at radius 3 is 2.52 bits per heavy atom. The molecule has 1 aromatic rings. The van der Waals surface area contributed by atoms with Gasteiger partial charge in [-0.3, -0.25) is 4.79 Å². The molecule has 0 aliphatic rings. The summed E-state index contributed by atoms with van der Waals surface area (Å²) >= 11 is 0. The van der Waals surface area contributed by atoms with Crippen molar-refractivity contribution < 1.29 is 19.4 Å². The van der Waals surface area contributed by atoms with E-state index in [9.17, 15) is 9.59 Å². The Balaban J connectivity index is 2.68. The van der Waals surface area contributed by atoms with Gasteiger partial charge in [0.15, 0.2) is 0 Å². The fourth-order valence-corrected chi connectivity index (χ4v) is 1.84. The topological polar surface area (TPSA) is 66.8 Å². The summed E-state index contributed by atoms with van der Waals surface area (Å²) in [6, 6.07) is 8.46. The molecule has 0 heterocycles. The second kappa shape index (κ2) is 9.13. The first-order valence-corrected chi connectivity index (χ1v) is 7.20. The fraction of sp³-hybridized carbons (Fsp3) is 0.500. The molecule has 5 nitrogen and oxygen atoms in total. The number of amides is 1. The molecular formula is C16H23NO4. The van der Waals surface area contributed by atoms with Crippen LogP contribution in [0.4, 0.5) is 0 Å². The van der Waals surface area contributed by atoms with Gasteiger partial charge in [0.25, 0.3) is 0 Å². The number of unbranched alkanes of at least 4 members (excludes halogenated alkanes) is 1. The molecule has 1 rings (SSSR count). The fourth-order valence-electron chi connectivity index (χ4n) is 1.84. The second-order valence-electron chi connectivity index (χ2n) is 4.93. The van der Waals surface area contributed by atoms with Gasteiger partial charge in [-0.25, -0.2) is 4.79 Å². The van der Waals surface area contributed by atoms with E-state index in [-0.39, 0.29) is 19.1 Å². The molecule has 0 aliphatic heterocycles. The minimum Gasteiger partial charge on any atom is -0.480 e. The zero-order valence-corrected chi connectivity index (χ0v) is 12.6. The van der Waals surface area contributed by atoms with Gasteiger partial charge in [-0.2, -0.15) is 0 Å². The predicted molar refractivity (Wildman–Crippen MR) is 79.8 cm³/mol. The van der Waals surface area contributed by atoms with Crippen molar-refractivity contribution in [1.29, 1.82) is 0 Å². The van der Waals surface area contributed by atoms with Gasteiger partial charge in [-0.1, -0.05) is 43.7 Å². The largest absolute Gasteiger partial charge is 0.480 e. The molecule has 0 spiro atoms. The van der Waals surface area contributed by atoms with Gasteiger partial charge in [0, 0.05) is 13.2 Å². The van der Waals surface area contributed by atoms with Crippen LogP contribution in [0.15, 0.2) is 30.3 Å². The van der Waals surface area contributed by atoms with Crippen molar-refractivity contribution in [2.75, 3.05) is 13.2 Å². The van der Waals surface area contributed by atoms with Crippen molar-refractivity contribution in [1.82, 2.24) is 4.90 Å². The number of carbonyl (C=O) groups excluding carboxylic acids is 1. The molecule has 0 saturated carbocycles. The van der Waals surface area contributed by atoms with Crippen LogP contribution < -0.4 is 0 Å². The number of benzene rings is 1. The summed E-state index contributed by atoms with van der Waals surface area (Å²) in [5, 5.41) is 9.15. The average Bonchev–Trinajstić information content (AvgIpc) is 2.49. The van der Waals surface area contributed by atoms with Gasteiger partial charge in [0.05, 0.1) is 0 Å². The number of hydrogen-bond acceptors (Lipinski definition) is 3. The van der Waals surface area contributed by atoms with Gasteiger partial charge in [-0.05, 0) is 18.9 Å². The normalized spacial score (nSPS) is 11.9. The quantitative estimate of drug-likeness (QED) is 0.709. The summed E-state index contributed by atoms with van der Waals surface area (Å²) in [4.78, 5) is 24.7. The summed E-state index contributed by atoms with van der Waals surface area (Å²) in [5.41, 5.74) is 0.896. The summed E-state index contributed by atoms with van der Waals surface area (Å²) in [5.74, 6) is -1.32. The Hall–Kier alpha value is -1.88.